The Balaban J connectivity index is 3.18. The molecular weight excluding hydrogens is 178 g/mol. The Morgan fingerprint density at radius 2 is 2.31 bits per heavy atom. The van der Waals surface area contributed by atoms with E-state index in [0.717, 1.165) is 0 Å². The van der Waals surface area contributed by atoms with Gasteiger partial charge in [-0.15, -0.1) is 0 Å². The van der Waals surface area contributed by atoms with Crippen LogP contribution in [0.1, 0.15) is 17.4 Å². The summed E-state index contributed by atoms with van der Waals surface area (Å²) in [5.41, 5.74) is -0.582. The Hall–Kier alpha value is -1.56. The zero-order chi connectivity index (χ0) is 10.0. The molecule has 72 valence electrons. The van der Waals surface area contributed by atoms with E-state index in [2.05, 4.69) is 9.26 Å². The molecule has 1 aromatic heterocycles. The predicted octanol–water partition coefficient (Wildman–Crippen LogP) is 0.0484. The van der Waals surface area contributed by atoms with Gasteiger partial charge in [0.1, 0.15) is 11.3 Å². The molecule has 0 aliphatic carbocycles. The molecule has 0 radical (unpaired) electrons. The van der Waals surface area contributed by atoms with Crippen LogP contribution < -0.4 is 5.56 Å². The summed E-state index contributed by atoms with van der Waals surface area (Å²) in [5.74, 6) is -1.00. The highest BCUT2D eigenvalue weighted by Gasteiger charge is 2.26. The number of aromatic amines is 1. The molecule has 6 nitrogen and oxygen atoms in total. The van der Waals surface area contributed by atoms with E-state index < -0.39 is 17.6 Å². The molecule has 6 heteroatoms. The van der Waals surface area contributed by atoms with E-state index in [1.54, 1.807) is 0 Å². The van der Waals surface area contributed by atoms with Crippen LogP contribution in [0.3, 0.4) is 0 Å². The molecule has 0 aliphatic rings. The van der Waals surface area contributed by atoms with Gasteiger partial charge < -0.3 is 14.4 Å². The Kier molecular flexibility index (Phi) is 2.52. The fourth-order valence-electron chi connectivity index (χ4n) is 1.04. The van der Waals surface area contributed by atoms with Crippen LogP contribution in [0.25, 0.3) is 0 Å². The van der Waals surface area contributed by atoms with E-state index >= 15 is 0 Å². The molecule has 0 amide bonds. The number of carbonyl (C=O) groups is 1. The molecular formula is C7H9NO5. The van der Waals surface area contributed by atoms with E-state index in [1.807, 2.05) is 5.16 Å². The molecule has 1 heterocycles. The van der Waals surface area contributed by atoms with Crippen LogP contribution in [0.2, 0.25) is 0 Å². The van der Waals surface area contributed by atoms with Gasteiger partial charge in [0.15, 0.2) is 6.10 Å². The number of hydrogen-bond acceptors (Lipinski definition) is 4. The van der Waals surface area contributed by atoms with Crippen molar-refractivity contribution in [2.75, 3.05) is 7.11 Å². The van der Waals surface area contributed by atoms with Crippen LogP contribution in [0, 0.1) is 6.92 Å². The van der Waals surface area contributed by atoms with Gasteiger partial charge in [-0.2, -0.15) is 5.16 Å². The number of H-pyrrole nitrogens is 1. The molecule has 0 saturated carbocycles. The van der Waals surface area contributed by atoms with Gasteiger partial charge in [0, 0.05) is 7.11 Å². The van der Waals surface area contributed by atoms with E-state index in [4.69, 9.17) is 5.11 Å². The lowest BCUT2D eigenvalue weighted by Gasteiger charge is -2.06. The van der Waals surface area contributed by atoms with Gasteiger partial charge in [-0.05, 0) is 6.92 Å². The van der Waals surface area contributed by atoms with Gasteiger partial charge in [0.25, 0.3) is 5.56 Å². The minimum absolute atomic E-state index is 0.00463. The molecule has 0 aliphatic heterocycles. The van der Waals surface area contributed by atoms with Crippen molar-refractivity contribution in [1.29, 1.82) is 0 Å². The zero-order valence-corrected chi connectivity index (χ0v) is 7.16. The van der Waals surface area contributed by atoms with Gasteiger partial charge in [-0.1, -0.05) is 0 Å². The zero-order valence-electron chi connectivity index (χ0n) is 7.16. The van der Waals surface area contributed by atoms with Crippen molar-refractivity contribution in [3.63, 3.8) is 0 Å². The average Bonchev–Trinajstić information content (AvgIpc) is 2.36. The second-order valence-corrected chi connectivity index (χ2v) is 2.46. The third kappa shape index (κ3) is 1.62. The van der Waals surface area contributed by atoms with Gasteiger partial charge in [-0.3, -0.25) is 4.79 Å². The second-order valence-electron chi connectivity index (χ2n) is 2.46. The SMILES string of the molecule is CO[C@H](C(=O)O)c1c(C)o[nH]c1=O. The van der Waals surface area contributed by atoms with Crippen LogP contribution in [0.5, 0.6) is 0 Å². The lowest BCUT2D eigenvalue weighted by Crippen LogP contribution is -2.20. The first kappa shape index (κ1) is 9.53. The Morgan fingerprint density at radius 1 is 1.69 bits per heavy atom. The van der Waals surface area contributed by atoms with Gasteiger partial charge in [0.2, 0.25) is 0 Å². The van der Waals surface area contributed by atoms with Gasteiger partial charge in [-0.25, -0.2) is 4.79 Å². The average molecular weight is 187 g/mol. The Bertz CT molecular complexity index is 363. The maximum atomic E-state index is 11.1. The molecule has 0 bridgehead atoms. The normalized spacial score (nSPS) is 12.8. The fourth-order valence-corrected chi connectivity index (χ4v) is 1.04. The lowest BCUT2D eigenvalue weighted by molar-refractivity contribution is -0.149. The first-order chi connectivity index (χ1) is 6.07. The number of rotatable bonds is 3. The number of aliphatic carboxylic acids is 1. The van der Waals surface area contributed by atoms with E-state index in [1.165, 1.54) is 14.0 Å². The predicted molar refractivity (Wildman–Crippen MR) is 41.5 cm³/mol. The Labute approximate surface area is 73.1 Å². The summed E-state index contributed by atoms with van der Waals surface area (Å²) in [5, 5.41) is 10.7. The minimum Gasteiger partial charge on any atom is -0.479 e. The molecule has 1 aromatic rings. The highest BCUT2D eigenvalue weighted by atomic mass is 16.5. The minimum atomic E-state index is -1.28. The first-order valence-electron chi connectivity index (χ1n) is 3.51. The van der Waals surface area contributed by atoms with Crippen molar-refractivity contribution in [2.24, 2.45) is 0 Å². The summed E-state index contributed by atoms with van der Waals surface area (Å²) in [4.78, 5) is 21.7. The van der Waals surface area contributed by atoms with Crippen LogP contribution in [-0.2, 0) is 9.53 Å². The largest absolute Gasteiger partial charge is 0.479 e. The highest BCUT2D eigenvalue weighted by Crippen LogP contribution is 2.16. The topological polar surface area (TPSA) is 92.5 Å². The third-order valence-corrected chi connectivity index (χ3v) is 1.64. The van der Waals surface area contributed by atoms with Crippen molar-refractivity contribution in [3.05, 3.63) is 21.7 Å². The molecule has 13 heavy (non-hydrogen) atoms. The number of nitrogens with one attached hydrogen (secondary N) is 1. The van der Waals surface area contributed by atoms with Crippen molar-refractivity contribution < 1.29 is 19.2 Å². The number of methoxy groups -OCH3 is 1. The lowest BCUT2D eigenvalue weighted by atomic mass is 10.1. The molecule has 1 atom stereocenters. The van der Waals surface area contributed by atoms with Crippen LogP contribution in [0.4, 0.5) is 0 Å². The molecule has 0 fully saturated rings. The summed E-state index contributed by atoms with van der Waals surface area (Å²) in [6.45, 7) is 1.49. The fraction of sp³-hybridized carbons (Fsp3) is 0.429. The van der Waals surface area contributed by atoms with Crippen molar-refractivity contribution in [1.82, 2.24) is 5.16 Å². The van der Waals surface area contributed by atoms with E-state index in [0.29, 0.717) is 0 Å². The van der Waals surface area contributed by atoms with E-state index in [9.17, 15) is 9.59 Å². The van der Waals surface area contributed by atoms with E-state index in [-0.39, 0.29) is 11.3 Å². The maximum Gasteiger partial charge on any atom is 0.337 e. The number of carboxylic acids is 1. The summed E-state index contributed by atoms with van der Waals surface area (Å²) in [7, 11) is 1.21. The standard InChI is InChI=1S/C7H9NO5/c1-3-4(6(9)8-13-3)5(12-2)7(10)11/h5H,1-2H3,(H,8,9)(H,10,11)/t5-/m0/s1. The third-order valence-electron chi connectivity index (χ3n) is 1.64. The summed E-state index contributed by atoms with van der Waals surface area (Å²) >= 11 is 0. The summed E-state index contributed by atoms with van der Waals surface area (Å²) in [6.07, 6.45) is -1.28. The Morgan fingerprint density at radius 3 is 2.62 bits per heavy atom. The number of carboxylic acid groups (broad SMARTS) is 1. The first-order valence-corrected chi connectivity index (χ1v) is 3.51. The molecule has 2 N–H and O–H groups in total. The summed E-state index contributed by atoms with van der Waals surface area (Å²) in [6, 6.07) is 0. The van der Waals surface area contributed by atoms with Crippen LogP contribution in [-0.4, -0.2) is 23.3 Å². The molecule has 0 aromatic carbocycles. The van der Waals surface area contributed by atoms with Crippen molar-refractivity contribution in [2.45, 2.75) is 13.0 Å². The molecule has 0 spiro atoms. The van der Waals surface area contributed by atoms with Crippen LogP contribution in [0.15, 0.2) is 9.32 Å². The maximum absolute atomic E-state index is 11.1. The smallest absolute Gasteiger partial charge is 0.337 e. The van der Waals surface area contributed by atoms with Crippen molar-refractivity contribution in [3.8, 4) is 0 Å². The second kappa shape index (κ2) is 3.44. The van der Waals surface area contributed by atoms with Gasteiger partial charge >= 0.3 is 5.97 Å². The number of ether oxygens (including phenoxy) is 1. The quantitative estimate of drug-likeness (QED) is 0.697. The monoisotopic (exact) mass is 187 g/mol. The number of hydrogen-bond donors (Lipinski definition) is 2. The molecule has 1 rings (SSSR count). The van der Waals surface area contributed by atoms with Gasteiger partial charge in [0.05, 0.1) is 0 Å². The van der Waals surface area contributed by atoms with Crippen LogP contribution >= 0.6 is 0 Å². The number of aryl methyl sites for hydroxylation is 1. The highest BCUT2D eigenvalue weighted by molar-refractivity contribution is 5.74. The molecule has 0 unspecified atom stereocenters. The number of aromatic nitrogens is 1. The van der Waals surface area contributed by atoms with Crippen molar-refractivity contribution >= 4 is 5.97 Å². The summed E-state index contributed by atoms with van der Waals surface area (Å²) < 4.78 is 9.29. The molecule has 0 saturated heterocycles.